The van der Waals surface area contributed by atoms with Gasteiger partial charge in [0.2, 0.25) is 5.95 Å². The molecule has 0 radical (unpaired) electrons. The fourth-order valence-electron chi connectivity index (χ4n) is 3.75. The minimum Gasteiger partial charge on any atom is -0.486 e. The molecule has 0 fully saturated rings. The number of rotatable bonds is 4. The van der Waals surface area contributed by atoms with Gasteiger partial charge in [0.25, 0.3) is 0 Å². The van der Waals surface area contributed by atoms with Crippen LogP contribution in [0.1, 0.15) is 17.3 Å². The number of fused-ring (bicyclic) bond motifs is 1. The first kappa shape index (κ1) is 21.1. The maximum atomic E-state index is 14.7. The molecule has 10 heteroatoms. The Morgan fingerprint density at radius 1 is 1.15 bits per heavy atom. The van der Waals surface area contributed by atoms with Crippen LogP contribution < -0.4 is 15.0 Å². The van der Waals surface area contributed by atoms with Crippen molar-refractivity contribution in [3.63, 3.8) is 0 Å². The summed E-state index contributed by atoms with van der Waals surface area (Å²) in [7, 11) is 1.85. The van der Waals surface area contributed by atoms with Crippen molar-refractivity contribution >= 4 is 29.1 Å². The molecule has 2 aromatic heterocycles. The largest absolute Gasteiger partial charge is 0.486 e. The predicted octanol–water partition coefficient (Wildman–Crippen LogP) is 5.22. The third kappa shape index (κ3) is 4.07. The van der Waals surface area contributed by atoms with E-state index in [1.807, 2.05) is 18.9 Å². The summed E-state index contributed by atoms with van der Waals surface area (Å²) < 4.78 is 35.6. The van der Waals surface area contributed by atoms with Crippen molar-refractivity contribution in [2.75, 3.05) is 23.9 Å². The van der Waals surface area contributed by atoms with E-state index in [0.29, 0.717) is 34.6 Å². The Kier molecular flexibility index (Phi) is 5.33. The van der Waals surface area contributed by atoms with Gasteiger partial charge in [-0.3, -0.25) is 0 Å². The fourth-order valence-corrected chi connectivity index (χ4v) is 4.04. The van der Waals surface area contributed by atoms with Gasteiger partial charge >= 0.3 is 0 Å². The Morgan fingerprint density at radius 2 is 2.00 bits per heavy atom. The third-order valence-electron chi connectivity index (χ3n) is 5.45. The smallest absolute Gasteiger partial charge is 0.229 e. The summed E-state index contributed by atoms with van der Waals surface area (Å²) in [5.74, 6) is 0.505. The second kappa shape index (κ2) is 8.32. The Bertz CT molecular complexity index is 1340. The number of aromatic nitrogens is 4. The molecular formula is C23H19ClF2N6O. The summed E-state index contributed by atoms with van der Waals surface area (Å²) in [5.41, 5.74) is 2.41. The fraction of sp³-hybridized carbons (Fsp3) is 0.174. The number of nitrogens with zero attached hydrogens (tertiary/aromatic N) is 5. The Balaban J connectivity index is 1.40. The number of halogens is 3. The van der Waals surface area contributed by atoms with Crippen LogP contribution in [-0.2, 0) is 0 Å². The Hall–Kier alpha value is -3.72. The van der Waals surface area contributed by atoms with E-state index in [4.69, 9.17) is 16.3 Å². The molecule has 0 saturated heterocycles. The standard InChI is InChI=1S/C23H19ClF2N6O/c1-13-10-32(12-28-13)19-6-4-15(8-18(19)26)29-23-27-9-21-22(30-23)31(2)20(11-33-21)16-5-3-14(25)7-17(16)24/h3-10,12,20H,11H2,1-2H3,(H,27,29,30). The quantitative estimate of drug-likeness (QED) is 0.443. The van der Waals surface area contributed by atoms with E-state index in [2.05, 4.69) is 20.3 Å². The molecule has 33 heavy (non-hydrogen) atoms. The first-order valence-electron chi connectivity index (χ1n) is 10.1. The number of anilines is 3. The SMILES string of the molecule is Cc1cn(-c2ccc(Nc3ncc4c(n3)N(C)C(c3ccc(F)cc3Cl)CO4)cc2F)cn1. The van der Waals surface area contributed by atoms with E-state index in [-0.39, 0.29) is 12.0 Å². The second-order valence-corrected chi connectivity index (χ2v) is 8.11. The van der Waals surface area contributed by atoms with Crippen molar-refractivity contribution < 1.29 is 13.5 Å². The molecule has 1 aliphatic rings. The van der Waals surface area contributed by atoms with Gasteiger partial charge in [0.1, 0.15) is 18.2 Å². The van der Waals surface area contributed by atoms with Gasteiger partial charge in [0.05, 0.1) is 29.9 Å². The molecule has 0 aliphatic carbocycles. The van der Waals surface area contributed by atoms with E-state index in [1.54, 1.807) is 41.5 Å². The average molecular weight is 469 g/mol. The van der Waals surface area contributed by atoms with Crippen LogP contribution in [0, 0.1) is 18.6 Å². The molecule has 4 aromatic rings. The van der Waals surface area contributed by atoms with Gasteiger partial charge in [0.15, 0.2) is 11.6 Å². The Morgan fingerprint density at radius 3 is 2.73 bits per heavy atom. The van der Waals surface area contributed by atoms with E-state index in [1.165, 1.54) is 18.2 Å². The van der Waals surface area contributed by atoms with Gasteiger partial charge in [-0.15, -0.1) is 0 Å². The third-order valence-corrected chi connectivity index (χ3v) is 5.78. The van der Waals surface area contributed by atoms with Gasteiger partial charge < -0.3 is 19.5 Å². The summed E-state index contributed by atoms with van der Waals surface area (Å²) in [6, 6.07) is 8.77. The monoisotopic (exact) mass is 468 g/mol. The van der Waals surface area contributed by atoms with Crippen molar-refractivity contribution in [3.05, 3.63) is 83.0 Å². The number of nitrogens with one attached hydrogen (secondary N) is 1. The maximum Gasteiger partial charge on any atom is 0.229 e. The maximum absolute atomic E-state index is 14.7. The molecule has 0 bridgehead atoms. The van der Waals surface area contributed by atoms with Crippen LogP contribution in [0.3, 0.4) is 0 Å². The minimum absolute atomic E-state index is 0.260. The van der Waals surface area contributed by atoms with Crippen molar-refractivity contribution in [3.8, 4) is 11.4 Å². The number of hydrogen-bond donors (Lipinski definition) is 1. The van der Waals surface area contributed by atoms with E-state index < -0.39 is 11.6 Å². The molecular weight excluding hydrogens is 450 g/mol. The second-order valence-electron chi connectivity index (χ2n) is 7.70. The van der Waals surface area contributed by atoms with E-state index >= 15 is 0 Å². The average Bonchev–Trinajstić information content (AvgIpc) is 3.21. The van der Waals surface area contributed by atoms with Gasteiger partial charge in [0, 0.05) is 24.0 Å². The molecule has 7 nitrogen and oxygen atoms in total. The molecule has 1 aliphatic heterocycles. The highest BCUT2D eigenvalue weighted by Crippen LogP contribution is 2.39. The van der Waals surface area contributed by atoms with Crippen molar-refractivity contribution in [1.29, 1.82) is 0 Å². The van der Waals surface area contributed by atoms with Crippen molar-refractivity contribution in [2.24, 2.45) is 0 Å². The normalized spacial score (nSPS) is 15.2. The van der Waals surface area contributed by atoms with Crippen LogP contribution in [0.25, 0.3) is 5.69 Å². The first-order chi connectivity index (χ1) is 15.9. The topological polar surface area (TPSA) is 68.1 Å². The molecule has 168 valence electrons. The summed E-state index contributed by atoms with van der Waals surface area (Å²) in [5, 5.41) is 3.34. The summed E-state index contributed by atoms with van der Waals surface area (Å²) in [6.07, 6.45) is 4.87. The zero-order valence-electron chi connectivity index (χ0n) is 17.8. The molecule has 2 aromatic carbocycles. The lowest BCUT2D eigenvalue weighted by atomic mass is 10.1. The summed E-state index contributed by atoms with van der Waals surface area (Å²) in [4.78, 5) is 14.9. The van der Waals surface area contributed by atoms with Crippen LogP contribution in [0.2, 0.25) is 5.02 Å². The number of benzene rings is 2. The number of ether oxygens (including phenoxy) is 1. The highest BCUT2D eigenvalue weighted by molar-refractivity contribution is 6.31. The van der Waals surface area contributed by atoms with E-state index in [0.717, 1.165) is 11.3 Å². The zero-order valence-corrected chi connectivity index (χ0v) is 18.5. The minimum atomic E-state index is -0.415. The summed E-state index contributed by atoms with van der Waals surface area (Å²) >= 11 is 6.26. The number of hydrogen-bond acceptors (Lipinski definition) is 6. The molecule has 0 saturated carbocycles. The molecule has 5 rings (SSSR count). The number of aryl methyl sites for hydroxylation is 1. The van der Waals surface area contributed by atoms with Gasteiger partial charge in [-0.25, -0.2) is 18.7 Å². The lowest BCUT2D eigenvalue weighted by Crippen LogP contribution is -2.34. The molecule has 0 amide bonds. The van der Waals surface area contributed by atoms with Crippen LogP contribution >= 0.6 is 11.6 Å². The van der Waals surface area contributed by atoms with Gasteiger partial charge in [-0.05, 0) is 42.8 Å². The number of imidazole rings is 1. The van der Waals surface area contributed by atoms with Gasteiger partial charge in [-0.2, -0.15) is 4.98 Å². The van der Waals surface area contributed by atoms with Crippen molar-refractivity contribution in [1.82, 2.24) is 19.5 Å². The molecule has 1 unspecified atom stereocenters. The molecule has 3 heterocycles. The van der Waals surface area contributed by atoms with Crippen LogP contribution in [-0.4, -0.2) is 33.2 Å². The predicted molar refractivity (Wildman–Crippen MR) is 122 cm³/mol. The van der Waals surface area contributed by atoms with Crippen LogP contribution in [0.15, 0.2) is 55.1 Å². The molecule has 1 N–H and O–H groups in total. The molecule has 1 atom stereocenters. The lowest BCUT2D eigenvalue weighted by Gasteiger charge is -2.35. The zero-order chi connectivity index (χ0) is 23.1. The first-order valence-corrected chi connectivity index (χ1v) is 10.5. The highest BCUT2D eigenvalue weighted by atomic mass is 35.5. The van der Waals surface area contributed by atoms with Gasteiger partial charge in [-0.1, -0.05) is 17.7 Å². The highest BCUT2D eigenvalue weighted by Gasteiger charge is 2.29. The van der Waals surface area contributed by atoms with Crippen LogP contribution in [0.4, 0.5) is 26.2 Å². The Labute approximate surface area is 193 Å². The molecule has 0 spiro atoms. The van der Waals surface area contributed by atoms with E-state index in [9.17, 15) is 8.78 Å². The van der Waals surface area contributed by atoms with Crippen molar-refractivity contribution in [2.45, 2.75) is 13.0 Å². The number of likely N-dealkylation sites (N-methyl/N-ethyl adjacent to an activating group) is 1. The lowest BCUT2D eigenvalue weighted by molar-refractivity contribution is 0.265. The van der Waals surface area contributed by atoms with Crippen LogP contribution in [0.5, 0.6) is 5.75 Å². The summed E-state index contributed by atoms with van der Waals surface area (Å²) in [6.45, 7) is 2.15.